The Labute approximate surface area is 101 Å². The summed E-state index contributed by atoms with van der Waals surface area (Å²) in [6.45, 7) is 0. The fourth-order valence-electron chi connectivity index (χ4n) is 0.997. The molecule has 1 rings (SSSR count). The lowest BCUT2D eigenvalue weighted by atomic mass is 10.2. The van der Waals surface area contributed by atoms with Gasteiger partial charge in [0, 0.05) is 3.57 Å². The lowest BCUT2D eigenvalue weighted by Crippen LogP contribution is -2.11. The zero-order valence-corrected chi connectivity index (χ0v) is 9.94. The Hall–Kier alpha value is -0.670. The van der Waals surface area contributed by atoms with Gasteiger partial charge in [-0.1, -0.05) is 0 Å². The number of rotatable bonds is 2. The highest BCUT2D eigenvalue weighted by Gasteiger charge is 2.36. The van der Waals surface area contributed by atoms with Crippen molar-refractivity contribution in [3.63, 3.8) is 0 Å². The summed E-state index contributed by atoms with van der Waals surface area (Å²) >= 11 is 1.38. The molecule has 1 aromatic heterocycles. The number of nitrogens with zero attached hydrogens (tertiary/aromatic N) is 1. The van der Waals surface area contributed by atoms with Crippen molar-refractivity contribution in [2.45, 2.75) is 12.6 Å². The monoisotopic (exact) mass is 353 g/mol. The second-order valence-corrected chi connectivity index (χ2v) is 3.87. The Kier molecular flexibility index (Phi) is 3.92. The third kappa shape index (κ3) is 2.71. The van der Waals surface area contributed by atoms with Crippen LogP contribution in [0.3, 0.4) is 0 Å². The highest BCUT2D eigenvalue weighted by molar-refractivity contribution is 14.1. The molecule has 0 fully saturated rings. The van der Waals surface area contributed by atoms with Crippen molar-refractivity contribution >= 4 is 22.6 Å². The first-order valence-corrected chi connectivity index (χ1v) is 4.95. The Bertz CT molecular complexity index is 393. The van der Waals surface area contributed by atoms with E-state index in [1.807, 2.05) is 0 Å². The average molecular weight is 353 g/mol. The van der Waals surface area contributed by atoms with Crippen LogP contribution in [-0.2, 0) is 6.18 Å². The molecule has 8 heteroatoms. The minimum atomic E-state index is -4.68. The van der Waals surface area contributed by atoms with Gasteiger partial charge in [0.05, 0.1) is 7.11 Å². The van der Waals surface area contributed by atoms with Gasteiger partial charge in [0.1, 0.15) is 11.3 Å². The van der Waals surface area contributed by atoms with E-state index in [1.54, 1.807) is 0 Å². The van der Waals surface area contributed by atoms with E-state index in [0.717, 1.165) is 7.11 Å². The van der Waals surface area contributed by atoms with Crippen molar-refractivity contribution in [2.24, 2.45) is 0 Å². The molecule has 0 N–H and O–H groups in total. The Morgan fingerprint density at radius 1 is 1.38 bits per heavy atom. The van der Waals surface area contributed by atoms with Crippen LogP contribution < -0.4 is 4.74 Å². The molecule has 2 nitrogen and oxygen atoms in total. The Morgan fingerprint density at radius 2 is 1.94 bits per heavy atom. The van der Waals surface area contributed by atoms with Crippen LogP contribution in [0, 0.1) is 3.57 Å². The van der Waals surface area contributed by atoms with Crippen molar-refractivity contribution in [2.75, 3.05) is 7.11 Å². The van der Waals surface area contributed by atoms with Crippen molar-refractivity contribution in [1.29, 1.82) is 0 Å². The maximum absolute atomic E-state index is 12.4. The largest absolute Gasteiger partial charge is 0.481 e. The molecule has 0 aliphatic carbocycles. The lowest BCUT2D eigenvalue weighted by Gasteiger charge is -2.13. The first-order valence-electron chi connectivity index (χ1n) is 3.87. The van der Waals surface area contributed by atoms with Crippen molar-refractivity contribution in [3.05, 3.63) is 20.9 Å². The van der Waals surface area contributed by atoms with Gasteiger partial charge in [-0.3, -0.25) is 0 Å². The van der Waals surface area contributed by atoms with Gasteiger partial charge in [-0.2, -0.15) is 13.2 Å². The molecule has 0 amide bonds. The highest BCUT2D eigenvalue weighted by Crippen LogP contribution is 2.38. The van der Waals surface area contributed by atoms with E-state index in [2.05, 4.69) is 9.72 Å². The fourth-order valence-corrected chi connectivity index (χ4v) is 1.66. The normalized spacial score (nSPS) is 12.0. The van der Waals surface area contributed by atoms with Crippen molar-refractivity contribution < 1.29 is 26.7 Å². The first-order chi connectivity index (χ1) is 7.27. The van der Waals surface area contributed by atoms with Crippen LogP contribution in [-0.4, -0.2) is 12.1 Å². The summed E-state index contributed by atoms with van der Waals surface area (Å²) < 4.78 is 66.1. The standard InChI is InChI=1S/C8H5F5INO/c1-16-7-3(8(11,12)13)2-4(14)5(15-7)6(9)10/h2,6H,1H3. The van der Waals surface area contributed by atoms with Gasteiger partial charge in [0.15, 0.2) is 0 Å². The quantitative estimate of drug-likeness (QED) is 0.598. The topological polar surface area (TPSA) is 22.1 Å². The number of methoxy groups -OCH3 is 1. The molecule has 0 unspecified atom stereocenters. The number of hydrogen-bond acceptors (Lipinski definition) is 2. The molecule has 0 saturated heterocycles. The molecule has 0 saturated carbocycles. The minimum absolute atomic E-state index is 0.249. The third-order valence-electron chi connectivity index (χ3n) is 1.67. The summed E-state index contributed by atoms with van der Waals surface area (Å²) in [5, 5.41) is 0. The molecule has 0 aliphatic rings. The van der Waals surface area contributed by atoms with Crippen LogP contribution in [0.25, 0.3) is 0 Å². The van der Waals surface area contributed by atoms with Crippen LogP contribution in [0.4, 0.5) is 22.0 Å². The van der Waals surface area contributed by atoms with Gasteiger partial charge in [0.25, 0.3) is 6.43 Å². The van der Waals surface area contributed by atoms with Crippen LogP contribution in [0.1, 0.15) is 17.7 Å². The second-order valence-electron chi connectivity index (χ2n) is 2.71. The summed E-state index contributed by atoms with van der Waals surface area (Å²) in [6, 6.07) is 0.591. The minimum Gasteiger partial charge on any atom is -0.481 e. The summed E-state index contributed by atoms with van der Waals surface area (Å²) in [5.74, 6) is -0.844. The zero-order valence-electron chi connectivity index (χ0n) is 7.78. The van der Waals surface area contributed by atoms with Crippen LogP contribution in [0.5, 0.6) is 5.88 Å². The molecule has 1 heterocycles. The molecule has 1 aromatic rings. The predicted molar refractivity (Wildman–Crippen MR) is 53.5 cm³/mol. The predicted octanol–water partition coefficient (Wildman–Crippen LogP) is 3.65. The number of halogens is 6. The molecule has 0 bridgehead atoms. The van der Waals surface area contributed by atoms with Crippen molar-refractivity contribution in [3.8, 4) is 5.88 Å². The van der Waals surface area contributed by atoms with Gasteiger partial charge in [-0.05, 0) is 28.7 Å². The highest BCUT2D eigenvalue weighted by atomic mass is 127. The molecule has 0 aromatic carbocycles. The lowest BCUT2D eigenvalue weighted by molar-refractivity contribution is -0.139. The number of hydrogen-bond donors (Lipinski definition) is 0. The van der Waals surface area contributed by atoms with E-state index in [9.17, 15) is 22.0 Å². The van der Waals surface area contributed by atoms with E-state index in [4.69, 9.17) is 0 Å². The summed E-state index contributed by atoms with van der Waals surface area (Å²) in [6.07, 6.45) is -7.62. The second kappa shape index (κ2) is 4.68. The van der Waals surface area contributed by atoms with Crippen LogP contribution >= 0.6 is 22.6 Å². The van der Waals surface area contributed by atoms with Gasteiger partial charge < -0.3 is 4.74 Å². The molecule has 16 heavy (non-hydrogen) atoms. The first kappa shape index (κ1) is 13.4. The van der Waals surface area contributed by atoms with Crippen molar-refractivity contribution in [1.82, 2.24) is 4.98 Å². The van der Waals surface area contributed by atoms with E-state index < -0.39 is 29.7 Å². The maximum atomic E-state index is 12.4. The number of aromatic nitrogens is 1. The Balaban J connectivity index is 3.38. The van der Waals surface area contributed by atoms with Gasteiger partial charge in [-0.15, -0.1) is 0 Å². The third-order valence-corrected chi connectivity index (χ3v) is 2.54. The van der Waals surface area contributed by atoms with Gasteiger partial charge >= 0.3 is 6.18 Å². The number of pyridine rings is 1. The van der Waals surface area contributed by atoms with E-state index in [0.29, 0.717) is 6.07 Å². The number of ether oxygens (including phenoxy) is 1. The fraction of sp³-hybridized carbons (Fsp3) is 0.375. The summed E-state index contributed by atoms with van der Waals surface area (Å²) in [5.41, 5.74) is -1.88. The average Bonchev–Trinajstić information content (AvgIpc) is 2.15. The summed E-state index contributed by atoms with van der Waals surface area (Å²) in [7, 11) is 0.944. The molecule has 0 atom stereocenters. The van der Waals surface area contributed by atoms with Crippen LogP contribution in [0.2, 0.25) is 0 Å². The SMILES string of the molecule is COc1nc(C(F)F)c(I)cc1C(F)(F)F. The van der Waals surface area contributed by atoms with E-state index >= 15 is 0 Å². The molecule has 90 valence electrons. The van der Waals surface area contributed by atoms with Crippen LogP contribution in [0.15, 0.2) is 6.07 Å². The van der Waals surface area contributed by atoms with E-state index in [1.165, 1.54) is 22.6 Å². The molecule has 0 spiro atoms. The molecule has 0 radical (unpaired) electrons. The van der Waals surface area contributed by atoms with Gasteiger partial charge in [-0.25, -0.2) is 13.8 Å². The summed E-state index contributed by atoms with van der Waals surface area (Å²) in [4.78, 5) is 3.16. The number of alkyl halides is 5. The zero-order chi connectivity index (χ0) is 12.5. The Morgan fingerprint density at radius 3 is 2.31 bits per heavy atom. The molecule has 0 aliphatic heterocycles. The maximum Gasteiger partial charge on any atom is 0.421 e. The smallest absolute Gasteiger partial charge is 0.421 e. The van der Waals surface area contributed by atoms with E-state index in [-0.39, 0.29) is 3.57 Å². The molecular formula is C8H5F5INO. The molecular weight excluding hydrogens is 348 g/mol. The van der Waals surface area contributed by atoms with Gasteiger partial charge in [0.2, 0.25) is 5.88 Å².